The summed E-state index contributed by atoms with van der Waals surface area (Å²) in [6, 6.07) is 3.10. The molecule has 1 fully saturated rings. The summed E-state index contributed by atoms with van der Waals surface area (Å²) in [6.07, 6.45) is 0.723. The summed E-state index contributed by atoms with van der Waals surface area (Å²) in [6.45, 7) is 4.91. The topological polar surface area (TPSA) is 44.7 Å². The Morgan fingerprint density at radius 1 is 1.39 bits per heavy atom. The van der Waals surface area contributed by atoms with Gasteiger partial charge in [0.1, 0.15) is 0 Å². The van der Waals surface area contributed by atoms with E-state index in [0.717, 1.165) is 44.7 Å². The van der Waals surface area contributed by atoms with E-state index in [1.807, 2.05) is 0 Å². The van der Waals surface area contributed by atoms with Crippen LogP contribution in [0, 0.1) is 5.82 Å². The van der Waals surface area contributed by atoms with Crippen molar-refractivity contribution in [2.24, 2.45) is 0 Å². The molecule has 1 saturated heterocycles. The Morgan fingerprint density at radius 3 is 2.78 bits per heavy atom. The number of piperazine rings is 1. The molecule has 100 valence electrons. The van der Waals surface area contributed by atoms with Crippen LogP contribution in [0.5, 0.6) is 11.5 Å². The standard InChI is InChI=1S/C13H19FN2O2/c1-18-13-10(2-3-11(17)12(13)14)4-7-16-8-5-15-6-9-16/h2-3,15,17H,4-9H2,1H3. The van der Waals surface area contributed by atoms with E-state index in [4.69, 9.17) is 4.74 Å². The summed E-state index contributed by atoms with van der Waals surface area (Å²) in [5.41, 5.74) is 0.798. The van der Waals surface area contributed by atoms with Crippen LogP contribution in [0.4, 0.5) is 4.39 Å². The maximum atomic E-state index is 13.6. The van der Waals surface area contributed by atoms with E-state index in [0.29, 0.717) is 0 Å². The largest absolute Gasteiger partial charge is 0.505 e. The molecule has 1 aromatic carbocycles. The first-order chi connectivity index (χ1) is 8.72. The van der Waals surface area contributed by atoms with E-state index in [2.05, 4.69) is 10.2 Å². The number of halogens is 1. The Morgan fingerprint density at radius 2 is 2.11 bits per heavy atom. The molecule has 1 aliphatic heterocycles. The van der Waals surface area contributed by atoms with Crippen LogP contribution < -0.4 is 10.1 Å². The molecule has 2 rings (SSSR count). The van der Waals surface area contributed by atoms with Crippen molar-refractivity contribution in [1.82, 2.24) is 10.2 Å². The van der Waals surface area contributed by atoms with Gasteiger partial charge in [0.05, 0.1) is 7.11 Å². The van der Waals surface area contributed by atoms with Gasteiger partial charge in [-0.2, -0.15) is 4.39 Å². The fraction of sp³-hybridized carbons (Fsp3) is 0.538. The van der Waals surface area contributed by atoms with Crippen molar-refractivity contribution < 1.29 is 14.2 Å². The molecule has 0 unspecified atom stereocenters. The molecule has 0 radical (unpaired) electrons. The molecule has 5 heteroatoms. The number of hydrogen-bond donors (Lipinski definition) is 2. The Kier molecular flexibility index (Phi) is 4.38. The minimum Gasteiger partial charge on any atom is -0.505 e. The highest BCUT2D eigenvalue weighted by molar-refractivity contribution is 5.42. The van der Waals surface area contributed by atoms with Gasteiger partial charge in [-0.05, 0) is 18.1 Å². The van der Waals surface area contributed by atoms with Crippen molar-refractivity contribution in [2.75, 3.05) is 39.8 Å². The zero-order valence-electron chi connectivity index (χ0n) is 10.6. The van der Waals surface area contributed by atoms with Crippen molar-refractivity contribution in [3.63, 3.8) is 0 Å². The summed E-state index contributed by atoms with van der Waals surface area (Å²) in [4.78, 5) is 2.33. The number of rotatable bonds is 4. The fourth-order valence-corrected chi connectivity index (χ4v) is 2.22. The van der Waals surface area contributed by atoms with Crippen LogP contribution in [-0.2, 0) is 6.42 Å². The number of benzene rings is 1. The molecular formula is C13H19FN2O2. The van der Waals surface area contributed by atoms with Crippen LogP contribution in [0.25, 0.3) is 0 Å². The SMILES string of the molecule is COc1c(CCN2CCNCC2)ccc(O)c1F. The van der Waals surface area contributed by atoms with Gasteiger partial charge in [-0.1, -0.05) is 6.07 Å². The normalized spacial score (nSPS) is 16.8. The summed E-state index contributed by atoms with van der Waals surface area (Å²) in [5.74, 6) is -0.877. The molecule has 2 N–H and O–H groups in total. The van der Waals surface area contributed by atoms with E-state index in [9.17, 15) is 9.50 Å². The van der Waals surface area contributed by atoms with Gasteiger partial charge >= 0.3 is 0 Å². The second kappa shape index (κ2) is 6.02. The lowest BCUT2D eigenvalue weighted by atomic mass is 10.1. The number of ether oxygens (including phenoxy) is 1. The van der Waals surface area contributed by atoms with Gasteiger partial charge in [0.15, 0.2) is 11.5 Å². The Labute approximate surface area is 106 Å². The molecule has 0 bridgehead atoms. The first kappa shape index (κ1) is 13.1. The van der Waals surface area contributed by atoms with Gasteiger partial charge in [-0.15, -0.1) is 0 Å². The van der Waals surface area contributed by atoms with Crippen molar-refractivity contribution in [3.05, 3.63) is 23.5 Å². The zero-order chi connectivity index (χ0) is 13.0. The average Bonchev–Trinajstić information content (AvgIpc) is 2.41. The number of hydrogen-bond acceptors (Lipinski definition) is 4. The predicted octanol–water partition coefficient (Wildman–Crippen LogP) is 0.988. The first-order valence-electron chi connectivity index (χ1n) is 6.19. The lowest BCUT2D eigenvalue weighted by Gasteiger charge is -2.27. The monoisotopic (exact) mass is 254 g/mol. The van der Waals surface area contributed by atoms with Gasteiger partial charge in [0.25, 0.3) is 0 Å². The van der Waals surface area contributed by atoms with E-state index < -0.39 is 5.82 Å². The summed E-state index contributed by atoms with van der Waals surface area (Å²) >= 11 is 0. The zero-order valence-corrected chi connectivity index (χ0v) is 10.6. The van der Waals surface area contributed by atoms with Gasteiger partial charge in [-0.3, -0.25) is 0 Å². The molecule has 4 nitrogen and oxygen atoms in total. The van der Waals surface area contributed by atoms with E-state index in [1.165, 1.54) is 13.2 Å². The van der Waals surface area contributed by atoms with Gasteiger partial charge in [-0.25, -0.2) is 0 Å². The Hall–Kier alpha value is -1.33. The molecule has 0 aromatic heterocycles. The number of phenolic OH excluding ortho intramolecular Hbond substituents is 1. The average molecular weight is 254 g/mol. The lowest BCUT2D eigenvalue weighted by molar-refractivity contribution is 0.242. The Balaban J connectivity index is 2.02. The van der Waals surface area contributed by atoms with Gasteiger partial charge < -0.3 is 20.1 Å². The third-order valence-electron chi connectivity index (χ3n) is 3.27. The first-order valence-corrected chi connectivity index (χ1v) is 6.19. The minimum atomic E-state index is -0.671. The molecule has 1 heterocycles. The molecule has 1 aliphatic rings. The van der Waals surface area contributed by atoms with Crippen molar-refractivity contribution in [1.29, 1.82) is 0 Å². The van der Waals surface area contributed by atoms with Crippen molar-refractivity contribution >= 4 is 0 Å². The highest BCUT2D eigenvalue weighted by Gasteiger charge is 2.15. The number of methoxy groups -OCH3 is 1. The fourth-order valence-electron chi connectivity index (χ4n) is 2.22. The van der Waals surface area contributed by atoms with Crippen LogP contribution in [0.2, 0.25) is 0 Å². The van der Waals surface area contributed by atoms with Crippen LogP contribution in [0.3, 0.4) is 0 Å². The van der Waals surface area contributed by atoms with Crippen LogP contribution >= 0.6 is 0 Å². The lowest BCUT2D eigenvalue weighted by Crippen LogP contribution is -2.44. The number of nitrogens with zero attached hydrogens (tertiary/aromatic N) is 1. The minimum absolute atomic E-state index is 0.158. The third kappa shape index (κ3) is 2.91. The maximum absolute atomic E-state index is 13.6. The van der Waals surface area contributed by atoms with Crippen LogP contribution in [0.15, 0.2) is 12.1 Å². The molecule has 0 saturated carbocycles. The molecular weight excluding hydrogens is 235 g/mol. The molecule has 1 aromatic rings. The van der Waals surface area contributed by atoms with E-state index >= 15 is 0 Å². The molecule has 0 spiro atoms. The Bertz CT molecular complexity index is 406. The molecule has 0 amide bonds. The second-order valence-electron chi connectivity index (χ2n) is 4.43. The number of phenols is 1. The number of aromatic hydroxyl groups is 1. The molecule has 18 heavy (non-hydrogen) atoms. The summed E-state index contributed by atoms with van der Waals surface area (Å²) < 4.78 is 18.7. The third-order valence-corrected chi connectivity index (χ3v) is 3.27. The highest BCUT2D eigenvalue weighted by Crippen LogP contribution is 2.29. The summed E-state index contributed by atoms with van der Waals surface area (Å²) in [5, 5.41) is 12.6. The quantitative estimate of drug-likeness (QED) is 0.841. The number of nitrogens with one attached hydrogen (secondary N) is 1. The smallest absolute Gasteiger partial charge is 0.206 e. The van der Waals surface area contributed by atoms with Crippen LogP contribution in [0.1, 0.15) is 5.56 Å². The predicted molar refractivity (Wildman–Crippen MR) is 67.6 cm³/mol. The van der Waals surface area contributed by atoms with Crippen molar-refractivity contribution in [2.45, 2.75) is 6.42 Å². The van der Waals surface area contributed by atoms with Crippen LogP contribution in [-0.4, -0.2) is 49.8 Å². The van der Waals surface area contributed by atoms with Crippen molar-refractivity contribution in [3.8, 4) is 11.5 Å². The van der Waals surface area contributed by atoms with Gasteiger partial charge in [0.2, 0.25) is 5.82 Å². The van der Waals surface area contributed by atoms with Gasteiger partial charge in [0, 0.05) is 32.7 Å². The molecule has 0 aliphatic carbocycles. The summed E-state index contributed by atoms with van der Waals surface area (Å²) in [7, 11) is 1.42. The maximum Gasteiger partial charge on any atom is 0.206 e. The van der Waals surface area contributed by atoms with E-state index in [1.54, 1.807) is 6.07 Å². The highest BCUT2D eigenvalue weighted by atomic mass is 19.1. The molecule has 0 atom stereocenters. The second-order valence-corrected chi connectivity index (χ2v) is 4.43. The van der Waals surface area contributed by atoms with E-state index in [-0.39, 0.29) is 11.5 Å².